The standard InChI is InChI=1S/C6H10N2.ClH/c1-5-2-6(3-7)8-4-5;/h5-6,8H,2,4H2,1H3;1H/t5-,6-;/m1./s1. The summed E-state index contributed by atoms with van der Waals surface area (Å²) in [5.74, 6) is 0.694. The lowest BCUT2D eigenvalue weighted by Crippen LogP contribution is -2.18. The molecule has 1 rings (SSSR count). The second kappa shape index (κ2) is 3.71. The minimum Gasteiger partial charge on any atom is -0.302 e. The van der Waals surface area contributed by atoms with Crippen LogP contribution in [0.4, 0.5) is 0 Å². The van der Waals surface area contributed by atoms with Crippen molar-refractivity contribution in [1.29, 1.82) is 5.26 Å². The normalized spacial score (nSPS) is 32.9. The summed E-state index contributed by atoms with van der Waals surface area (Å²) in [5, 5.41) is 11.5. The van der Waals surface area contributed by atoms with E-state index in [-0.39, 0.29) is 18.4 Å². The van der Waals surface area contributed by atoms with E-state index in [4.69, 9.17) is 5.26 Å². The molecule has 2 nitrogen and oxygen atoms in total. The van der Waals surface area contributed by atoms with Gasteiger partial charge in [-0.05, 0) is 18.9 Å². The van der Waals surface area contributed by atoms with Crippen molar-refractivity contribution in [2.24, 2.45) is 5.92 Å². The first-order valence-electron chi connectivity index (χ1n) is 2.96. The highest BCUT2D eigenvalue weighted by atomic mass is 35.5. The van der Waals surface area contributed by atoms with E-state index in [2.05, 4.69) is 18.3 Å². The third-order valence-electron chi connectivity index (χ3n) is 1.51. The molecule has 0 aromatic carbocycles. The van der Waals surface area contributed by atoms with E-state index in [1.807, 2.05) is 0 Å². The van der Waals surface area contributed by atoms with Crippen LogP contribution < -0.4 is 5.32 Å². The smallest absolute Gasteiger partial charge is 0.0956 e. The van der Waals surface area contributed by atoms with Crippen LogP contribution in [0.25, 0.3) is 0 Å². The van der Waals surface area contributed by atoms with Crippen LogP contribution >= 0.6 is 12.4 Å². The predicted octanol–water partition coefficient (Wildman–Crippen LogP) is 0.930. The van der Waals surface area contributed by atoms with Crippen molar-refractivity contribution in [2.75, 3.05) is 6.54 Å². The molecule has 0 aromatic rings. The molecule has 1 N–H and O–H groups in total. The van der Waals surface area contributed by atoms with Crippen molar-refractivity contribution >= 4 is 12.4 Å². The lowest BCUT2D eigenvalue weighted by molar-refractivity contribution is 0.643. The molecule has 1 saturated heterocycles. The zero-order valence-corrected chi connectivity index (χ0v) is 6.24. The molecule has 3 heteroatoms. The van der Waals surface area contributed by atoms with Crippen LogP contribution in [0.1, 0.15) is 13.3 Å². The van der Waals surface area contributed by atoms with Gasteiger partial charge >= 0.3 is 0 Å². The van der Waals surface area contributed by atoms with E-state index in [0.717, 1.165) is 13.0 Å². The first-order chi connectivity index (χ1) is 3.83. The summed E-state index contributed by atoms with van der Waals surface area (Å²) >= 11 is 0. The molecule has 0 unspecified atom stereocenters. The molecule has 1 heterocycles. The Morgan fingerprint density at radius 2 is 2.33 bits per heavy atom. The maximum Gasteiger partial charge on any atom is 0.0956 e. The van der Waals surface area contributed by atoms with Crippen LogP contribution in [0.15, 0.2) is 0 Å². The fourth-order valence-electron chi connectivity index (χ4n) is 1.01. The Labute approximate surface area is 61.7 Å². The molecule has 0 radical (unpaired) electrons. The van der Waals surface area contributed by atoms with Crippen molar-refractivity contribution < 1.29 is 0 Å². The van der Waals surface area contributed by atoms with E-state index in [1.54, 1.807) is 0 Å². The van der Waals surface area contributed by atoms with Crippen LogP contribution in [0.3, 0.4) is 0 Å². The second-order valence-electron chi connectivity index (χ2n) is 2.43. The molecule has 0 aliphatic carbocycles. The van der Waals surface area contributed by atoms with E-state index in [1.165, 1.54) is 0 Å². The predicted molar refractivity (Wildman–Crippen MR) is 38.4 cm³/mol. The first kappa shape index (κ1) is 8.74. The molecule has 2 atom stereocenters. The zero-order valence-electron chi connectivity index (χ0n) is 5.42. The molecular weight excluding hydrogens is 136 g/mol. The summed E-state index contributed by atoms with van der Waals surface area (Å²) in [6, 6.07) is 2.31. The summed E-state index contributed by atoms with van der Waals surface area (Å²) in [7, 11) is 0. The van der Waals surface area contributed by atoms with Gasteiger partial charge in [0, 0.05) is 0 Å². The fourth-order valence-corrected chi connectivity index (χ4v) is 1.01. The van der Waals surface area contributed by atoms with E-state index in [0.29, 0.717) is 5.92 Å². The summed E-state index contributed by atoms with van der Waals surface area (Å²) in [4.78, 5) is 0. The Morgan fingerprint density at radius 1 is 1.67 bits per heavy atom. The molecule has 0 bridgehead atoms. The van der Waals surface area contributed by atoms with Gasteiger partial charge in [-0.3, -0.25) is 0 Å². The number of nitrogens with one attached hydrogen (secondary N) is 1. The van der Waals surface area contributed by atoms with Gasteiger partial charge < -0.3 is 5.32 Å². The molecule has 0 amide bonds. The van der Waals surface area contributed by atoms with E-state index in [9.17, 15) is 0 Å². The molecule has 0 aromatic heterocycles. The Bertz CT molecular complexity index is 119. The average molecular weight is 147 g/mol. The van der Waals surface area contributed by atoms with Crippen LogP contribution in [-0.2, 0) is 0 Å². The SMILES string of the molecule is C[C@H]1CN[C@@H](C#N)C1.Cl. The Hall–Kier alpha value is -0.260. The number of nitriles is 1. The minimum absolute atomic E-state index is 0. The first-order valence-corrected chi connectivity index (χ1v) is 2.96. The number of hydrogen-bond acceptors (Lipinski definition) is 2. The zero-order chi connectivity index (χ0) is 5.98. The van der Waals surface area contributed by atoms with Crippen molar-refractivity contribution in [3.05, 3.63) is 0 Å². The van der Waals surface area contributed by atoms with Gasteiger partial charge in [-0.2, -0.15) is 5.26 Å². The lowest BCUT2D eigenvalue weighted by atomic mass is 10.1. The number of rotatable bonds is 0. The van der Waals surface area contributed by atoms with Crippen LogP contribution in [-0.4, -0.2) is 12.6 Å². The van der Waals surface area contributed by atoms with Gasteiger partial charge in [-0.15, -0.1) is 12.4 Å². The minimum atomic E-state index is 0. The van der Waals surface area contributed by atoms with Crippen molar-refractivity contribution in [3.63, 3.8) is 0 Å². The fraction of sp³-hybridized carbons (Fsp3) is 0.833. The molecule has 0 spiro atoms. The van der Waals surface area contributed by atoms with Gasteiger partial charge in [0.2, 0.25) is 0 Å². The largest absolute Gasteiger partial charge is 0.302 e. The van der Waals surface area contributed by atoms with Crippen LogP contribution in [0, 0.1) is 17.2 Å². The monoisotopic (exact) mass is 146 g/mol. The molecule has 52 valence electrons. The van der Waals surface area contributed by atoms with Crippen molar-refractivity contribution in [1.82, 2.24) is 5.32 Å². The van der Waals surface area contributed by atoms with Crippen LogP contribution in [0.5, 0.6) is 0 Å². The summed E-state index contributed by atoms with van der Waals surface area (Å²) in [6.07, 6.45) is 1.02. The number of halogens is 1. The lowest BCUT2D eigenvalue weighted by Gasteiger charge is -1.93. The molecule has 1 aliphatic rings. The van der Waals surface area contributed by atoms with Gasteiger partial charge in [-0.1, -0.05) is 6.92 Å². The van der Waals surface area contributed by atoms with Gasteiger partial charge in [0.05, 0.1) is 12.1 Å². The van der Waals surface area contributed by atoms with Gasteiger partial charge in [0.15, 0.2) is 0 Å². The highest BCUT2D eigenvalue weighted by Crippen LogP contribution is 2.10. The van der Waals surface area contributed by atoms with Gasteiger partial charge in [0.25, 0.3) is 0 Å². The average Bonchev–Trinajstić information content (AvgIpc) is 2.14. The van der Waals surface area contributed by atoms with Crippen molar-refractivity contribution in [2.45, 2.75) is 19.4 Å². The van der Waals surface area contributed by atoms with E-state index >= 15 is 0 Å². The third kappa shape index (κ3) is 2.21. The molecule has 1 aliphatic heterocycles. The Balaban J connectivity index is 0.000000640. The molecule has 1 fully saturated rings. The molecule has 9 heavy (non-hydrogen) atoms. The highest BCUT2D eigenvalue weighted by molar-refractivity contribution is 5.85. The number of hydrogen-bond donors (Lipinski definition) is 1. The highest BCUT2D eigenvalue weighted by Gasteiger charge is 2.18. The molecular formula is C6H11ClN2. The molecule has 0 saturated carbocycles. The van der Waals surface area contributed by atoms with Gasteiger partial charge in [-0.25, -0.2) is 0 Å². The summed E-state index contributed by atoms with van der Waals surface area (Å²) in [6.45, 7) is 3.17. The second-order valence-corrected chi connectivity index (χ2v) is 2.43. The van der Waals surface area contributed by atoms with Gasteiger partial charge in [0.1, 0.15) is 0 Å². The van der Waals surface area contributed by atoms with Crippen LogP contribution in [0.2, 0.25) is 0 Å². The van der Waals surface area contributed by atoms with E-state index < -0.39 is 0 Å². The summed E-state index contributed by atoms with van der Waals surface area (Å²) < 4.78 is 0. The quantitative estimate of drug-likeness (QED) is 0.552. The number of nitrogens with zero attached hydrogens (tertiary/aromatic N) is 1. The summed E-state index contributed by atoms with van der Waals surface area (Å²) in [5.41, 5.74) is 0. The Kier molecular flexibility index (Phi) is 3.60. The maximum atomic E-state index is 8.37. The Morgan fingerprint density at radius 3 is 2.56 bits per heavy atom. The maximum absolute atomic E-state index is 8.37. The van der Waals surface area contributed by atoms with Crippen molar-refractivity contribution in [3.8, 4) is 6.07 Å². The topological polar surface area (TPSA) is 35.8 Å². The third-order valence-corrected chi connectivity index (χ3v) is 1.51.